The van der Waals surface area contributed by atoms with Crippen molar-refractivity contribution in [1.29, 1.82) is 0 Å². The van der Waals surface area contributed by atoms with Gasteiger partial charge >= 0.3 is 11.9 Å². The van der Waals surface area contributed by atoms with Gasteiger partial charge in [0.1, 0.15) is 6.04 Å². The number of rotatable bonds is 6. The number of nitrogens with zero attached hydrogens (tertiary/aromatic N) is 1. The molecule has 0 saturated heterocycles. The van der Waals surface area contributed by atoms with Crippen molar-refractivity contribution in [3.63, 3.8) is 0 Å². The van der Waals surface area contributed by atoms with Gasteiger partial charge in [0.25, 0.3) is 11.8 Å². The molecule has 0 saturated carbocycles. The molecule has 0 radical (unpaired) electrons. The second-order valence-corrected chi connectivity index (χ2v) is 5.77. The Labute approximate surface area is 150 Å². The van der Waals surface area contributed by atoms with Crippen LogP contribution in [0.25, 0.3) is 0 Å². The Kier molecular flexibility index (Phi) is 7.52. The minimum absolute atomic E-state index is 0.171. The molecule has 1 aromatic rings. The molecule has 1 aliphatic rings. The van der Waals surface area contributed by atoms with Crippen LogP contribution in [0.3, 0.4) is 0 Å². The Morgan fingerprint density at radius 2 is 1.73 bits per heavy atom. The summed E-state index contributed by atoms with van der Waals surface area (Å²) < 4.78 is 0. The van der Waals surface area contributed by atoms with E-state index in [1.807, 2.05) is 13.8 Å². The van der Waals surface area contributed by atoms with Crippen LogP contribution in [0.5, 0.6) is 0 Å². The molecule has 0 spiro atoms. The summed E-state index contributed by atoms with van der Waals surface area (Å²) in [7, 11) is 0. The van der Waals surface area contributed by atoms with E-state index in [2.05, 4.69) is 0 Å². The van der Waals surface area contributed by atoms with Gasteiger partial charge in [-0.3, -0.25) is 14.5 Å². The number of hydrogen-bond donors (Lipinski definition) is 3. The zero-order valence-corrected chi connectivity index (χ0v) is 14.6. The summed E-state index contributed by atoms with van der Waals surface area (Å²) in [6.45, 7) is 3.75. The van der Waals surface area contributed by atoms with Gasteiger partial charge in [-0.05, 0) is 25.5 Å². The van der Waals surface area contributed by atoms with Gasteiger partial charge in [-0.25, -0.2) is 9.59 Å². The van der Waals surface area contributed by atoms with E-state index >= 15 is 0 Å². The van der Waals surface area contributed by atoms with Gasteiger partial charge in [0, 0.05) is 17.8 Å². The van der Waals surface area contributed by atoms with Gasteiger partial charge in [0.2, 0.25) is 0 Å². The second kappa shape index (κ2) is 9.36. The van der Waals surface area contributed by atoms with Crippen molar-refractivity contribution in [2.24, 2.45) is 0 Å². The van der Waals surface area contributed by atoms with Crippen molar-refractivity contribution in [2.45, 2.75) is 39.2 Å². The minimum Gasteiger partial charge on any atom is -0.480 e. The van der Waals surface area contributed by atoms with Crippen molar-refractivity contribution in [1.82, 2.24) is 4.90 Å². The van der Waals surface area contributed by atoms with E-state index in [9.17, 15) is 19.2 Å². The van der Waals surface area contributed by atoms with Gasteiger partial charge < -0.3 is 15.9 Å². The van der Waals surface area contributed by atoms with Crippen LogP contribution in [0, 0.1) is 6.92 Å². The Morgan fingerprint density at radius 3 is 2.15 bits per heavy atom. The first kappa shape index (κ1) is 20.9. The normalized spacial score (nSPS) is 14.0. The highest BCUT2D eigenvalue weighted by atomic mass is 16.4. The first-order valence-corrected chi connectivity index (χ1v) is 8.06. The van der Waals surface area contributed by atoms with E-state index in [1.54, 1.807) is 18.2 Å². The summed E-state index contributed by atoms with van der Waals surface area (Å²) in [5.41, 5.74) is 6.79. The monoisotopic (exact) mass is 362 g/mol. The molecule has 140 valence electrons. The fourth-order valence-corrected chi connectivity index (χ4v) is 2.33. The van der Waals surface area contributed by atoms with E-state index < -0.39 is 29.8 Å². The third-order valence-corrected chi connectivity index (χ3v) is 3.71. The Morgan fingerprint density at radius 1 is 1.15 bits per heavy atom. The van der Waals surface area contributed by atoms with Gasteiger partial charge in [0.15, 0.2) is 0 Å². The Balaban J connectivity index is 0.000000273. The molecule has 0 fully saturated rings. The molecule has 2 amide bonds. The van der Waals surface area contributed by atoms with Crippen LogP contribution in [0.4, 0.5) is 5.69 Å². The highest BCUT2D eigenvalue weighted by Crippen LogP contribution is 2.15. The summed E-state index contributed by atoms with van der Waals surface area (Å²) in [5.74, 6) is -3.19. The third-order valence-electron chi connectivity index (χ3n) is 3.71. The molecule has 0 bridgehead atoms. The number of aryl methyl sites for hydroxylation is 1. The highest BCUT2D eigenvalue weighted by Gasteiger charge is 2.35. The van der Waals surface area contributed by atoms with Crippen LogP contribution in [0.1, 0.15) is 42.1 Å². The summed E-state index contributed by atoms with van der Waals surface area (Å²) >= 11 is 0. The molecule has 0 aromatic heterocycles. The van der Waals surface area contributed by atoms with Gasteiger partial charge in [-0.1, -0.05) is 31.4 Å². The number of carbonyl (C=O) groups excluding carboxylic acids is 2. The van der Waals surface area contributed by atoms with Crippen molar-refractivity contribution in [3.8, 4) is 0 Å². The average Bonchev–Trinajstić information content (AvgIpc) is 2.90. The van der Waals surface area contributed by atoms with E-state index in [0.29, 0.717) is 18.5 Å². The fraction of sp³-hybridized carbons (Fsp3) is 0.333. The third kappa shape index (κ3) is 5.44. The van der Waals surface area contributed by atoms with Crippen molar-refractivity contribution >= 4 is 29.4 Å². The quantitative estimate of drug-likeness (QED) is 0.518. The number of aromatic carboxylic acids is 1. The molecule has 4 N–H and O–H groups in total. The SMILES string of the molecule is CCCCC(C(=O)O)N1C(=O)C=CC1=O.Cc1ccc(N)c(C(=O)O)c1. The molecular formula is C18H22N2O6. The molecule has 2 rings (SSSR count). The molecule has 26 heavy (non-hydrogen) atoms. The van der Waals surface area contributed by atoms with Crippen LogP contribution in [0.15, 0.2) is 30.4 Å². The molecule has 1 unspecified atom stereocenters. The van der Waals surface area contributed by atoms with Crippen LogP contribution in [-0.2, 0) is 14.4 Å². The standard InChI is InChI=1S/C10H13NO4.C8H9NO2/c1-2-3-4-7(10(14)15)11-8(12)5-6-9(11)13;1-5-2-3-7(9)6(4-5)8(10)11/h5-7H,2-4H2,1H3,(H,14,15);2-4H,9H2,1H3,(H,10,11). The van der Waals surface area contributed by atoms with E-state index in [1.165, 1.54) is 0 Å². The van der Waals surface area contributed by atoms with E-state index in [4.69, 9.17) is 15.9 Å². The summed E-state index contributed by atoms with van der Waals surface area (Å²) in [6.07, 6.45) is 4.01. The van der Waals surface area contributed by atoms with Gasteiger partial charge in [-0.2, -0.15) is 0 Å². The smallest absolute Gasteiger partial charge is 0.337 e. The van der Waals surface area contributed by atoms with Crippen LogP contribution < -0.4 is 5.73 Å². The second-order valence-electron chi connectivity index (χ2n) is 5.77. The first-order valence-electron chi connectivity index (χ1n) is 8.06. The summed E-state index contributed by atoms with van der Waals surface area (Å²) in [4.78, 5) is 44.7. The number of amides is 2. The van der Waals surface area contributed by atoms with Gasteiger partial charge in [-0.15, -0.1) is 0 Å². The number of carboxylic acid groups (broad SMARTS) is 2. The van der Waals surface area contributed by atoms with Gasteiger partial charge in [0.05, 0.1) is 5.56 Å². The van der Waals surface area contributed by atoms with Crippen molar-refractivity contribution < 1.29 is 29.4 Å². The first-order chi connectivity index (χ1) is 12.2. The molecule has 1 aromatic carbocycles. The maximum absolute atomic E-state index is 11.2. The van der Waals surface area contributed by atoms with Crippen LogP contribution in [0.2, 0.25) is 0 Å². The zero-order valence-electron chi connectivity index (χ0n) is 14.6. The lowest BCUT2D eigenvalue weighted by Gasteiger charge is -2.21. The number of hydrogen-bond acceptors (Lipinski definition) is 5. The predicted molar refractivity (Wildman–Crippen MR) is 94.5 cm³/mol. The number of imide groups is 1. The minimum atomic E-state index is -1.13. The number of carbonyl (C=O) groups is 4. The molecule has 8 nitrogen and oxygen atoms in total. The summed E-state index contributed by atoms with van der Waals surface area (Å²) in [5, 5.41) is 17.5. The maximum atomic E-state index is 11.2. The lowest BCUT2D eigenvalue weighted by molar-refractivity contribution is -0.153. The number of carboxylic acids is 2. The number of nitrogen functional groups attached to an aromatic ring is 1. The average molecular weight is 362 g/mol. The largest absolute Gasteiger partial charge is 0.480 e. The van der Waals surface area contributed by atoms with Crippen LogP contribution in [-0.4, -0.2) is 44.9 Å². The maximum Gasteiger partial charge on any atom is 0.337 e. The molecule has 0 aliphatic carbocycles. The molecule has 8 heteroatoms. The van der Waals surface area contributed by atoms with Crippen molar-refractivity contribution in [3.05, 3.63) is 41.5 Å². The lowest BCUT2D eigenvalue weighted by Crippen LogP contribution is -2.44. The number of aliphatic carboxylic acids is 1. The number of benzene rings is 1. The highest BCUT2D eigenvalue weighted by molar-refractivity contribution is 6.14. The molecule has 1 atom stereocenters. The predicted octanol–water partition coefficient (Wildman–Crippen LogP) is 1.83. The summed E-state index contributed by atoms with van der Waals surface area (Å²) in [6, 6.07) is 3.90. The van der Waals surface area contributed by atoms with Crippen LogP contribution >= 0.6 is 0 Å². The molecule has 1 aliphatic heterocycles. The molecular weight excluding hydrogens is 340 g/mol. The number of nitrogens with two attached hydrogens (primary N) is 1. The fourth-order valence-electron chi connectivity index (χ4n) is 2.33. The topological polar surface area (TPSA) is 138 Å². The number of anilines is 1. The molecule has 1 heterocycles. The zero-order chi connectivity index (χ0) is 19.9. The Bertz CT molecular complexity index is 723. The van der Waals surface area contributed by atoms with E-state index in [-0.39, 0.29) is 5.56 Å². The van der Waals surface area contributed by atoms with E-state index in [0.717, 1.165) is 29.0 Å². The lowest BCUT2D eigenvalue weighted by atomic mass is 10.1. The number of unbranched alkanes of at least 4 members (excludes halogenated alkanes) is 1. The Hall–Kier alpha value is -3.16. The van der Waals surface area contributed by atoms with Crippen molar-refractivity contribution in [2.75, 3.05) is 5.73 Å².